The lowest BCUT2D eigenvalue weighted by atomic mass is 10.1. The highest BCUT2D eigenvalue weighted by Gasteiger charge is 2.15. The van der Waals surface area contributed by atoms with E-state index in [0.717, 1.165) is 27.4 Å². The Morgan fingerprint density at radius 3 is 2.68 bits per heavy atom. The van der Waals surface area contributed by atoms with E-state index in [9.17, 15) is 9.18 Å². The van der Waals surface area contributed by atoms with E-state index >= 15 is 0 Å². The number of ether oxygens (including phenoxy) is 1. The van der Waals surface area contributed by atoms with Gasteiger partial charge in [0.25, 0.3) is 5.56 Å². The number of aryl methyl sites for hydroxylation is 2. The summed E-state index contributed by atoms with van der Waals surface area (Å²) in [5, 5.41) is 6.07. The number of halogens is 1. The molecule has 6 nitrogen and oxygen atoms in total. The van der Waals surface area contributed by atoms with Gasteiger partial charge < -0.3 is 9.30 Å². The Morgan fingerprint density at radius 2 is 1.87 bits per heavy atom. The summed E-state index contributed by atoms with van der Waals surface area (Å²) in [5.41, 5.74) is 3.38. The van der Waals surface area contributed by atoms with Gasteiger partial charge in [-0.15, -0.1) is 0 Å². The van der Waals surface area contributed by atoms with Gasteiger partial charge in [-0.05, 0) is 30.7 Å². The zero-order valence-electron chi connectivity index (χ0n) is 17.0. The standard InChI is InChI=1S/C24H19FN4O2/c1-15-5-3-6-16(11-15)14-29-24(30)23-19(13-26-29)18-10-9-17(12-20(18)28(23)2)31-22-8-4-7-21(25)27-22/h3-13H,14H2,1-2H3. The molecule has 0 bridgehead atoms. The monoisotopic (exact) mass is 414 g/mol. The molecule has 0 aliphatic carbocycles. The lowest BCUT2D eigenvalue weighted by Crippen LogP contribution is -2.24. The van der Waals surface area contributed by atoms with Crippen LogP contribution in [0.4, 0.5) is 4.39 Å². The molecule has 7 heteroatoms. The molecule has 0 N–H and O–H groups in total. The van der Waals surface area contributed by atoms with Gasteiger partial charge in [-0.25, -0.2) is 4.68 Å². The number of aromatic nitrogens is 4. The highest BCUT2D eigenvalue weighted by Crippen LogP contribution is 2.30. The summed E-state index contributed by atoms with van der Waals surface area (Å²) < 4.78 is 22.4. The second kappa shape index (κ2) is 7.36. The molecule has 0 saturated carbocycles. The summed E-state index contributed by atoms with van der Waals surface area (Å²) in [5.74, 6) is 0.0632. The molecular weight excluding hydrogens is 395 g/mol. The second-order valence-electron chi connectivity index (χ2n) is 7.50. The number of nitrogens with zero attached hydrogens (tertiary/aromatic N) is 4. The largest absolute Gasteiger partial charge is 0.439 e. The van der Waals surface area contributed by atoms with Crippen LogP contribution in [0.2, 0.25) is 0 Å². The minimum Gasteiger partial charge on any atom is -0.439 e. The molecule has 0 aliphatic rings. The first-order chi connectivity index (χ1) is 15.0. The average molecular weight is 414 g/mol. The Hall–Kier alpha value is -4.00. The maximum Gasteiger partial charge on any atom is 0.291 e. The third kappa shape index (κ3) is 3.44. The van der Waals surface area contributed by atoms with Crippen molar-refractivity contribution in [1.29, 1.82) is 0 Å². The quantitative estimate of drug-likeness (QED) is 0.404. The van der Waals surface area contributed by atoms with Gasteiger partial charge in [-0.1, -0.05) is 35.9 Å². The van der Waals surface area contributed by atoms with Crippen molar-refractivity contribution in [2.45, 2.75) is 13.5 Å². The Kier molecular flexibility index (Phi) is 4.51. The lowest BCUT2D eigenvalue weighted by molar-refractivity contribution is 0.446. The molecule has 0 aliphatic heterocycles. The van der Waals surface area contributed by atoms with Crippen LogP contribution >= 0.6 is 0 Å². The molecule has 0 fully saturated rings. The smallest absolute Gasteiger partial charge is 0.291 e. The summed E-state index contributed by atoms with van der Waals surface area (Å²) in [6, 6.07) is 17.9. The molecular formula is C24H19FN4O2. The van der Waals surface area contributed by atoms with Crippen molar-refractivity contribution >= 4 is 21.8 Å². The first kappa shape index (κ1) is 19.0. The zero-order valence-corrected chi connectivity index (χ0v) is 17.0. The van der Waals surface area contributed by atoms with Gasteiger partial charge in [0.2, 0.25) is 11.8 Å². The minimum absolute atomic E-state index is 0.160. The number of hydrogen-bond acceptors (Lipinski definition) is 4. The molecule has 0 radical (unpaired) electrons. The first-order valence-electron chi connectivity index (χ1n) is 9.84. The van der Waals surface area contributed by atoms with Crippen molar-refractivity contribution in [2.75, 3.05) is 0 Å². The molecule has 0 saturated heterocycles. The third-order valence-corrected chi connectivity index (χ3v) is 5.30. The van der Waals surface area contributed by atoms with Crippen molar-refractivity contribution in [3.05, 3.63) is 94.3 Å². The fourth-order valence-electron chi connectivity index (χ4n) is 3.86. The Bertz CT molecular complexity index is 1500. The average Bonchev–Trinajstić information content (AvgIpc) is 3.02. The van der Waals surface area contributed by atoms with Crippen LogP contribution in [0, 0.1) is 12.9 Å². The van der Waals surface area contributed by atoms with Crippen LogP contribution in [0.5, 0.6) is 11.6 Å². The van der Waals surface area contributed by atoms with E-state index in [4.69, 9.17) is 4.74 Å². The highest BCUT2D eigenvalue weighted by molar-refractivity contribution is 6.07. The zero-order chi connectivity index (χ0) is 21.5. The molecule has 0 amide bonds. The summed E-state index contributed by atoms with van der Waals surface area (Å²) in [6.07, 6.45) is 1.73. The van der Waals surface area contributed by atoms with Crippen LogP contribution in [0.3, 0.4) is 0 Å². The molecule has 5 rings (SSSR count). The van der Waals surface area contributed by atoms with Crippen LogP contribution in [0.1, 0.15) is 11.1 Å². The van der Waals surface area contributed by atoms with Gasteiger partial charge in [0.15, 0.2) is 0 Å². The van der Waals surface area contributed by atoms with Crippen molar-refractivity contribution in [2.24, 2.45) is 7.05 Å². The van der Waals surface area contributed by atoms with E-state index in [-0.39, 0.29) is 11.4 Å². The number of pyridine rings is 1. The molecule has 2 aromatic carbocycles. The Morgan fingerprint density at radius 1 is 1.03 bits per heavy atom. The van der Waals surface area contributed by atoms with E-state index < -0.39 is 5.95 Å². The topological polar surface area (TPSA) is 61.9 Å². The summed E-state index contributed by atoms with van der Waals surface area (Å²) >= 11 is 0. The van der Waals surface area contributed by atoms with E-state index in [0.29, 0.717) is 17.8 Å². The number of rotatable bonds is 4. The van der Waals surface area contributed by atoms with Crippen LogP contribution in [0.15, 0.2) is 71.7 Å². The highest BCUT2D eigenvalue weighted by atomic mass is 19.1. The van der Waals surface area contributed by atoms with Gasteiger partial charge in [-0.2, -0.15) is 14.5 Å². The number of benzene rings is 2. The first-order valence-corrected chi connectivity index (χ1v) is 9.84. The van der Waals surface area contributed by atoms with Gasteiger partial charge in [0.05, 0.1) is 18.3 Å². The fourth-order valence-corrected chi connectivity index (χ4v) is 3.86. The third-order valence-electron chi connectivity index (χ3n) is 5.30. The SMILES string of the molecule is Cc1cccc(Cn2ncc3c4ccc(Oc5cccc(F)n5)cc4n(C)c3c2=O)c1. The maximum atomic E-state index is 13.3. The van der Waals surface area contributed by atoms with Crippen molar-refractivity contribution in [3.63, 3.8) is 0 Å². The Balaban J connectivity index is 1.58. The fraction of sp³-hybridized carbons (Fsp3) is 0.125. The van der Waals surface area contributed by atoms with Crippen LogP contribution in [-0.2, 0) is 13.6 Å². The van der Waals surface area contributed by atoms with E-state index in [1.54, 1.807) is 18.3 Å². The molecule has 3 aromatic heterocycles. The van der Waals surface area contributed by atoms with Gasteiger partial charge >= 0.3 is 0 Å². The van der Waals surface area contributed by atoms with Crippen LogP contribution < -0.4 is 10.3 Å². The number of fused-ring (bicyclic) bond motifs is 3. The molecule has 154 valence electrons. The Labute approximate surface area is 177 Å². The number of hydrogen-bond donors (Lipinski definition) is 0. The van der Waals surface area contributed by atoms with Gasteiger partial charge in [0.1, 0.15) is 11.3 Å². The van der Waals surface area contributed by atoms with E-state index in [1.807, 2.05) is 54.9 Å². The normalized spacial score (nSPS) is 11.3. The van der Waals surface area contributed by atoms with Gasteiger partial charge in [0, 0.05) is 30.0 Å². The van der Waals surface area contributed by atoms with Crippen molar-refractivity contribution in [1.82, 2.24) is 19.3 Å². The summed E-state index contributed by atoms with van der Waals surface area (Å²) in [6.45, 7) is 2.42. The van der Waals surface area contributed by atoms with Crippen molar-refractivity contribution in [3.8, 4) is 11.6 Å². The van der Waals surface area contributed by atoms with Gasteiger partial charge in [-0.3, -0.25) is 4.79 Å². The predicted octanol–water partition coefficient (Wildman–Crippen LogP) is 4.57. The molecule has 5 aromatic rings. The van der Waals surface area contributed by atoms with E-state index in [1.165, 1.54) is 16.8 Å². The lowest BCUT2D eigenvalue weighted by Gasteiger charge is -2.06. The molecule has 3 heterocycles. The van der Waals surface area contributed by atoms with Crippen LogP contribution in [0.25, 0.3) is 21.8 Å². The van der Waals surface area contributed by atoms with Crippen LogP contribution in [-0.4, -0.2) is 19.3 Å². The predicted molar refractivity (Wildman–Crippen MR) is 117 cm³/mol. The van der Waals surface area contributed by atoms with Crippen molar-refractivity contribution < 1.29 is 9.13 Å². The molecule has 31 heavy (non-hydrogen) atoms. The second-order valence-corrected chi connectivity index (χ2v) is 7.50. The molecule has 0 atom stereocenters. The minimum atomic E-state index is -0.608. The maximum absolute atomic E-state index is 13.3. The molecule has 0 spiro atoms. The summed E-state index contributed by atoms with van der Waals surface area (Å²) in [4.78, 5) is 16.9. The molecule has 0 unspecified atom stereocenters. The summed E-state index contributed by atoms with van der Waals surface area (Å²) in [7, 11) is 1.84. The van der Waals surface area contributed by atoms with E-state index in [2.05, 4.69) is 10.1 Å².